The molecule has 1 fully saturated rings. The van der Waals surface area contributed by atoms with E-state index >= 15 is 0 Å². The van der Waals surface area contributed by atoms with Crippen LogP contribution in [0.2, 0.25) is 0 Å². The van der Waals surface area contributed by atoms with Crippen molar-refractivity contribution in [3.63, 3.8) is 0 Å². The van der Waals surface area contributed by atoms with Gasteiger partial charge in [-0.2, -0.15) is 0 Å². The fourth-order valence-corrected chi connectivity index (χ4v) is 1.88. The molecule has 1 amide bonds. The molecular formula is C15H16N4O. The van der Waals surface area contributed by atoms with Crippen molar-refractivity contribution in [3.05, 3.63) is 54.1 Å². The van der Waals surface area contributed by atoms with E-state index in [2.05, 4.69) is 20.6 Å². The quantitative estimate of drug-likeness (QED) is 0.870. The van der Waals surface area contributed by atoms with Crippen LogP contribution in [0.3, 0.4) is 0 Å². The number of rotatable bonds is 5. The van der Waals surface area contributed by atoms with E-state index in [1.54, 1.807) is 24.7 Å². The fraction of sp³-hybridized carbons (Fsp3) is 0.267. The lowest BCUT2D eigenvalue weighted by atomic mass is 10.2. The van der Waals surface area contributed by atoms with Gasteiger partial charge in [0.15, 0.2) is 0 Å². The zero-order valence-electron chi connectivity index (χ0n) is 11.0. The third kappa shape index (κ3) is 3.32. The predicted molar refractivity (Wildman–Crippen MR) is 76.3 cm³/mol. The lowest BCUT2D eigenvalue weighted by Crippen LogP contribution is -2.23. The number of nitrogens with one attached hydrogen (secondary N) is 2. The van der Waals surface area contributed by atoms with E-state index in [4.69, 9.17) is 0 Å². The molecule has 2 N–H and O–H groups in total. The molecule has 0 spiro atoms. The second-order valence-corrected chi connectivity index (χ2v) is 4.89. The van der Waals surface area contributed by atoms with E-state index in [1.165, 1.54) is 12.8 Å². The Bertz CT molecular complexity index is 596. The highest BCUT2D eigenvalue weighted by Crippen LogP contribution is 2.24. The van der Waals surface area contributed by atoms with Gasteiger partial charge in [-0.25, -0.2) is 0 Å². The lowest BCUT2D eigenvalue weighted by Gasteiger charge is -2.07. The van der Waals surface area contributed by atoms with Crippen LogP contribution in [0.5, 0.6) is 0 Å². The van der Waals surface area contributed by atoms with Crippen molar-refractivity contribution in [2.45, 2.75) is 25.4 Å². The number of nitrogens with zero attached hydrogens (tertiary/aromatic N) is 2. The SMILES string of the molecule is O=C(NCc1ccncc1)c1cc(NC2CC2)ccn1. The second-order valence-electron chi connectivity index (χ2n) is 4.89. The molecule has 2 aromatic heterocycles. The smallest absolute Gasteiger partial charge is 0.270 e. The van der Waals surface area contributed by atoms with Crippen molar-refractivity contribution in [3.8, 4) is 0 Å². The van der Waals surface area contributed by atoms with Crippen LogP contribution in [-0.4, -0.2) is 21.9 Å². The van der Waals surface area contributed by atoms with Crippen molar-refractivity contribution < 1.29 is 4.79 Å². The molecule has 20 heavy (non-hydrogen) atoms. The first-order chi connectivity index (χ1) is 9.81. The summed E-state index contributed by atoms with van der Waals surface area (Å²) in [6, 6.07) is 7.99. The van der Waals surface area contributed by atoms with Crippen molar-refractivity contribution in [2.24, 2.45) is 0 Å². The number of amides is 1. The second kappa shape index (κ2) is 5.69. The summed E-state index contributed by atoms with van der Waals surface area (Å²) in [6.07, 6.45) is 7.48. The fourth-order valence-electron chi connectivity index (χ4n) is 1.88. The third-order valence-corrected chi connectivity index (χ3v) is 3.14. The molecular weight excluding hydrogens is 252 g/mol. The molecule has 0 aliphatic heterocycles. The normalized spacial score (nSPS) is 13.8. The van der Waals surface area contributed by atoms with Crippen LogP contribution >= 0.6 is 0 Å². The van der Waals surface area contributed by atoms with Gasteiger partial charge in [-0.3, -0.25) is 14.8 Å². The van der Waals surface area contributed by atoms with E-state index in [0.717, 1.165) is 11.3 Å². The van der Waals surface area contributed by atoms with Crippen molar-refractivity contribution in [1.82, 2.24) is 15.3 Å². The molecule has 1 aliphatic carbocycles. The van der Waals surface area contributed by atoms with Gasteiger partial charge >= 0.3 is 0 Å². The van der Waals surface area contributed by atoms with Crippen molar-refractivity contribution in [1.29, 1.82) is 0 Å². The Morgan fingerprint density at radius 3 is 2.75 bits per heavy atom. The number of carbonyl (C=O) groups is 1. The van der Waals surface area contributed by atoms with Crippen LogP contribution in [0.25, 0.3) is 0 Å². The van der Waals surface area contributed by atoms with Crippen LogP contribution < -0.4 is 10.6 Å². The molecule has 3 rings (SSSR count). The van der Waals surface area contributed by atoms with E-state index < -0.39 is 0 Å². The molecule has 0 aromatic carbocycles. The lowest BCUT2D eigenvalue weighted by molar-refractivity contribution is 0.0946. The first-order valence-corrected chi connectivity index (χ1v) is 6.71. The maximum absolute atomic E-state index is 12.1. The molecule has 0 saturated heterocycles. The Labute approximate surface area is 117 Å². The summed E-state index contributed by atoms with van der Waals surface area (Å²) in [7, 11) is 0. The van der Waals surface area contributed by atoms with Gasteiger partial charge in [0.1, 0.15) is 5.69 Å². The third-order valence-electron chi connectivity index (χ3n) is 3.14. The van der Waals surface area contributed by atoms with E-state index in [1.807, 2.05) is 18.2 Å². The summed E-state index contributed by atoms with van der Waals surface area (Å²) in [5, 5.41) is 6.21. The monoisotopic (exact) mass is 268 g/mol. The average Bonchev–Trinajstić information content (AvgIpc) is 3.30. The maximum atomic E-state index is 12.1. The number of anilines is 1. The highest BCUT2D eigenvalue weighted by atomic mass is 16.1. The molecule has 0 atom stereocenters. The first kappa shape index (κ1) is 12.6. The summed E-state index contributed by atoms with van der Waals surface area (Å²) >= 11 is 0. The summed E-state index contributed by atoms with van der Waals surface area (Å²) in [4.78, 5) is 20.1. The van der Waals surface area contributed by atoms with Crippen LogP contribution in [0.15, 0.2) is 42.9 Å². The Balaban J connectivity index is 1.61. The summed E-state index contributed by atoms with van der Waals surface area (Å²) in [5.74, 6) is -0.166. The van der Waals surface area contributed by atoms with Crippen LogP contribution in [0, 0.1) is 0 Å². The van der Waals surface area contributed by atoms with E-state index in [0.29, 0.717) is 18.3 Å². The van der Waals surface area contributed by atoms with Gasteiger partial charge < -0.3 is 10.6 Å². The molecule has 1 aliphatic rings. The number of hydrogen-bond donors (Lipinski definition) is 2. The number of carbonyl (C=O) groups excluding carboxylic acids is 1. The van der Waals surface area contributed by atoms with Crippen LogP contribution in [0.1, 0.15) is 28.9 Å². The molecule has 5 nitrogen and oxygen atoms in total. The van der Waals surface area contributed by atoms with E-state index in [-0.39, 0.29) is 5.91 Å². The van der Waals surface area contributed by atoms with Gasteiger partial charge in [0.05, 0.1) is 0 Å². The molecule has 2 aromatic rings. The molecule has 0 unspecified atom stereocenters. The Morgan fingerprint density at radius 1 is 1.20 bits per heavy atom. The maximum Gasteiger partial charge on any atom is 0.270 e. The molecule has 2 heterocycles. The van der Waals surface area contributed by atoms with Gasteiger partial charge in [0, 0.05) is 36.9 Å². The highest BCUT2D eigenvalue weighted by Gasteiger charge is 2.21. The number of hydrogen-bond acceptors (Lipinski definition) is 4. The molecule has 102 valence electrons. The minimum absolute atomic E-state index is 0.166. The van der Waals surface area contributed by atoms with Gasteiger partial charge in [0.25, 0.3) is 5.91 Å². The Morgan fingerprint density at radius 2 is 2.00 bits per heavy atom. The molecule has 0 radical (unpaired) electrons. The summed E-state index contributed by atoms with van der Waals surface area (Å²) in [6.45, 7) is 0.476. The van der Waals surface area contributed by atoms with Gasteiger partial charge in [0.2, 0.25) is 0 Å². The molecule has 1 saturated carbocycles. The summed E-state index contributed by atoms with van der Waals surface area (Å²) < 4.78 is 0. The zero-order chi connectivity index (χ0) is 13.8. The Kier molecular flexibility index (Phi) is 3.58. The van der Waals surface area contributed by atoms with Gasteiger partial charge in [-0.15, -0.1) is 0 Å². The first-order valence-electron chi connectivity index (χ1n) is 6.71. The summed E-state index contributed by atoms with van der Waals surface area (Å²) in [5.41, 5.74) is 2.40. The topological polar surface area (TPSA) is 66.9 Å². The van der Waals surface area contributed by atoms with E-state index in [9.17, 15) is 4.79 Å². The highest BCUT2D eigenvalue weighted by molar-refractivity contribution is 5.93. The van der Waals surface area contributed by atoms with Gasteiger partial charge in [-0.1, -0.05) is 0 Å². The minimum atomic E-state index is -0.166. The molecule has 0 bridgehead atoms. The van der Waals surface area contributed by atoms with Crippen molar-refractivity contribution >= 4 is 11.6 Å². The average molecular weight is 268 g/mol. The standard InChI is InChI=1S/C15H16N4O/c20-15(18-10-11-3-6-16-7-4-11)14-9-13(5-8-17-14)19-12-1-2-12/h3-9,12H,1-2,10H2,(H,17,19)(H,18,20). The number of aromatic nitrogens is 2. The predicted octanol–water partition coefficient (Wildman–Crippen LogP) is 1.98. The van der Waals surface area contributed by atoms with Crippen molar-refractivity contribution in [2.75, 3.05) is 5.32 Å². The van der Waals surface area contributed by atoms with Crippen LogP contribution in [-0.2, 0) is 6.54 Å². The van der Waals surface area contributed by atoms with Gasteiger partial charge in [-0.05, 0) is 42.7 Å². The zero-order valence-corrected chi connectivity index (χ0v) is 11.0. The Hall–Kier alpha value is -2.43. The number of pyridine rings is 2. The molecule has 5 heteroatoms. The van der Waals surface area contributed by atoms with Crippen LogP contribution in [0.4, 0.5) is 5.69 Å². The largest absolute Gasteiger partial charge is 0.382 e. The minimum Gasteiger partial charge on any atom is -0.382 e.